The Hall–Kier alpha value is 0. The van der Waals surface area contributed by atoms with Crippen LogP contribution in [0.5, 0.6) is 0 Å². The second kappa shape index (κ2) is 12.7. The highest BCUT2D eigenvalue weighted by atomic mass is 14.3. The molecule has 0 aliphatic carbocycles. The number of unbranched alkanes of at least 4 members (excludes halogenated alkanes) is 2. The third-order valence-electron chi connectivity index (χ3n) is 5.43. The lowest BCUT2D eigenvalue weighted by Gasteiger charge is -2.31. The fourth-order valence-electron chi connectivity index (χ4n) is 3.85. The number of hydrogen-bond acceptors (Lipinski definition) is 0. The molecular formula is C20H42. The lowest BCUT2D eigenvalue weighted by Crippen LogP contribution is -2.21. The zero-order valence-electron chi connectivity index (χ0n) is 15.4. The van der Waals surface area contributed by atoms with Gasteiger partial charge in [-0.05, 0) is 23.7 Å². The first-order valence-corrected chi connectivity index (χ1v) is 9.60. The molecule has 0 aromatic rings. The van der Waals surface area contributed by atoms with E-state index in [9.17, 15) is 0 Å². The van der Waals surface area contributed by atoms with Crippen molar-refractivity contribution in [2.24, 2.45) is 23.7 Å². The van der Waals surface area contributed by atoms with Crippen LogP contribution in [0.4, 0.5) is 0 Å². The third-order valence-corrected chi connectivity index (χ3v) is 5.43. The van der Waals surface area contributed by atoms with E-state index in [0.29, 0.717) is 0 Å². The van der Waals surface area contributed by atoms with E-state index in [1.165, 1.54) is 64.2 Å². The van der Waals surface area contributed by atoms with Gasteiger partial charge in [-0.15, -0.1) is 0 Å². The minimum absolute atomic E-state index is 0.922. The first-order chi connectivity index (χ1) is 9.60. The molecule has 0 aromatic carbocycles. The minimum atomic E-state index is 0.922. The van der Waals surface area contributed by atoms with Gasteiger partial charge in [0.15, 0.2) is 0 Å². The summed E-state index contributed by atoms with van der Waals surface area (Å²) < 4.78 is 0. The molecule has 4 atom stereocenters. The maximum Gasteiger partial charge on any atom is -0.0363 e. The molecule has 0 aromatic heterocycles. The summed E-state index contributed by atoms with van der Waals surface area (Å²) in [6.45, 7) is 14.4. The van der Waals surface area contributed by atoms with E-state index in [-0.39, 0.29) is 0 Å². The Morgan fingerprint density at radius 2 is 1.25 bits per heavy atom. The van der Waals surface area contributed by atoms with Crippen LogP contribution in [-0.2, 0) is 0 Å². The molecule has 0 aliphatic rings. The summed E-state index contributed by atoms with van der Waals surface area (Å²) >= 11 is 0. The van der Waals surface area contributed by atoms with Gasteiger partial charge < -0.3 is 0 Å². The summed E-state index contributed by atoms with van der Waals surface area (Å²) in [6.07, 6.45) is 14.1. The Bertz CT molecular complexity index is 196. The summed E-state index contributed by atoms with van der Waals surface area (Å²) in [5.41, 5.74) is 0. The van der Waals surface area contributed by atoms with Crippen LogP contribution in [-0.4, -0.2) is 0 Å². The van der Waals surface area contributed by atoms with E-state index < -0.39 is 0 Å². The minimum Gasteiger partial charge on any atom is -0.0654 e. The molecule has 0 saturated carbocycles. The van der Waals surface area contributed by atoms with E-state index in [4.69, 9.17) is 0 Å². The maximum atomic E-state index is 2.52. The maximum absolute atomic E-state index is 2.52. The molecule has 122 valence electrons. The Labute approximate surface area is 130 Å². The van der Waals surface area contributed by atoms with Crippen LogP contribution in [0, 0.1) is 23.7 Å². The van der Waals surface area contributed by atoms with Crippen LogP contribution in [0.15, 0.2) is 0 Å². The van der Waals surface area contributed by atoms with Crippen molar-refractivity contribution in [3.8, 4) is 0 Å². The molecule has 0 rings (SSSR count). The lowest BCUT2D eigenvalue weighted by molar-refractivity contribution is 0.192. The van der Waals surface area contributed by atoms with E-state index >= 15 is 0 Å². The Morgan fingerprint density at radius 3 is 1.75 bits per heavy atom. The van der Waals surface area contributed by atoms with Gasteiger partial charge in [0.2, 0.25) is 0 Å². The van der Waals surface area contributed by atoms with Crippen LogP contribution < -0.4 is 0 Å². The van der Waals surface area contributed by atoms with Crippen LogP contribution in [0.25, 0.3) is 0 Å². The summed E-state index contributed by atoms with van der Waals surface area (Å²) in [5.74, 6) is 3.79. The molecule has 0 heterocycles. The molecule has 0 fully saturated rings. The monoisotopic (exact) mass is 282 g/mol. The van der Waals surface area contributed by atoms with Crippen LogP contribution in [0.1, 0.15) is 106 Å². The molecule has 0 nitrogen and oxygen atoms in total. The van der Waals surface area contributed by atoms with Gasteiger partial charge in [-0.25, -0.2) is 0 Å². The average Bonchev–Trinajstić information content (AvgIpc) is 2.46. The van der Waals surface area contributed by atoms with E-state index in [1.54, 1.807) is 0 Å². The van der Waals surface area contributed by atoms with Crippen molar-refractivity contribution in [1.82, 2.24) is 0 Å². The fraction of sp³-hybridized carbons (Fsp3) is 1.00. The van der Waals surface area contributed by atoms with Crippen molar-refractivity contribution in [2.45, 2.75) is 106 Å². The Morgan fingerprint density at radius 1 is 0.650 bits per heavy atom. The van der Waals surface area contributed by atoms with Gasteiger partial charge in [0, 0.05) is 0 Å². The third kappa shape index (κ3) is 8.32. The standard InChI is InChI=1S/C20H42/c1-7-11-13-17(5)15-16-18(6)20(10-4)19(9-3)14-12-8-2/h17-20H,7-16H2,1-6H3. The second-order valence-corrected chi connectivity index (χ2v) is 7.18. The predicted molar refractivity (Wildman–Crippen MR) is 94.2 cm³/mol. The zero-order valence-corrected chi connectivity index (χ0v) is 15.4. The molecule has 0 heteroatoms. The molecule has 0 N–H and O–H groups in total. The topological polar surface area (TPSA) is 0 Å². The SMILES string of the molecule is CCCCC(C)CCC(C)C(CC)C(CC)CCCC. The molecule has 4 unspecified atom stereocenters. The molecule has 0 amide bonds. The first-order valence-electron chi connectivity index (χ1n) is 9.60. The highest BCUT2D eigenvalue weighted by Crippen LogP contribution is 2.34. The molecule has 0 spiro atoms. The fourth-order valence-corrected chi connectivity index (χ4v) is 3.85. The van der Waals surface area contributed by atoms with Crippen LogP contribution in [0.3, 0.4) is 0 Å². The van der Waals surface area contributed by atoms with E-state index in [1.807, 2.05) is 0 Å². The summed E-state index contributed by atoms with van der Waals surface area (Å²) in [7, 11) is 0. The van der Waals surface area contributed by atoms with E-state index in [2.05, 4.69) is 41.5 Å². The highest BCUT2D eigenvalue weighted by Gasteiger charge is 2.23. The Kier molecular flexibility index (Phi) is 12.7. The molecule has 0 saturated heterocycles. The van der Waals surface area contributed by atoms with Gasteiger partial charge in [0.1, 0.15) is 0 Å². The molecule has 0 bridgehead atoms. The molecular weight excluding hydrogens is 240 g/mol. The van der Waals surface area contributed by atoms with Crippen LogP contribution in [0.2, 0.25) is 0 Å². The normalized spacial score (nSPS) is 17.7. The van der Waals surface area contributed by atoms with Gasteiger partial charge in [-0.3, -0.25) is 0 Å². The summed E-state index contributed by atoms with van der Waals surface area (Å²) in [4.78, 5) is 0. The average molecular weight is 283 g/mol. The van der Waals surface area contributed by atoms with Crippen molar-refractivity contribution in [3.63, 3.8) is 0 Å². The van der Waals surface area contributed by atoms with Gasteiger partial charge in [-0.2, -0.15) is 0 Å². The van der Waals surface area contributed by atoms with Gasteiger partial charge in [0.05, 0.1) is 0 Å². The molecule has 0 radical (unpaired) electrons. The highest BCUT2D eigenvalue weighted by molar-refractivity contribution is 4.74. The van der Waals surface area contributed by atoms with Crippen molar-refractivity contribution in [3.05, 3.63) is 0 Å². The lowest BCUT2D eigenvalue weighted by atomic mass is 9.74. The van der Waals surface area contributed by atoms with Crippen molar-refractivity contribution in [2.75, 3.05) is 0 Å². The Balaban J connectivity index is 4.19. The van der Waals surface area contributed by atoms with Crippen molar-refractivity contribution < 1.29 is 0 Å². The van der Waals surface area contributed by atoms with Crippen molar-refractivity contribution >= 4 is 0 Å². The summed E-state index contributed by atoms with van der Waals surface area (Å²) in [6, 6.07) is 0. The van der Waals surface area contributed by atoms with Gasteiger partial charge in [0.25, 0.3) is 0 Å². The van der Waals surface area contributed by atoms with Crippen LogP contribution >= 0.6 is 0 Å². The number of rotatable bonds is 13. The van der Waals surface area contributed by atoms with Gasteiger partial charge >= 0.3 is 0 Å². The van der Waals surface area contributed by atoms with Crippen molar-refractivity contribution in [1.29, 1.82) is 0 Å². The first kappa shape index (κ1) is 20.0. The summed E-state index contributed by atoms with van der Waals surface area (Å²) in [5, 5.41) is 0. The zero-order chi connectivity index (χ0) is 15.4. The smallest absolute Gasteiger partial charge is 0.0363 e. The largest absolute Gasteiger partial charge is 0.0654 e. The second-order valence-electron chi connectivity index (χ2n) is 7.18. The van der Waals surface area contributed by atoms with E-state index in [0.717, 1.165) is 23.7 Å². The molecule has 0 aliphatic heterocycles. The number of hydrogen-bond donors (Lipinski definition) is 0. The molecule has 20 heavy (non-hydrogen) atoms. The van der Waals surface area contributed by atoms with Gasteiger partial charge in [-0.1, -0.05) is 106 Å². The predicted octanol–water partition coefficient (Wildman–Crippen LogP) is 7.47. The quantitative estimate of drug-likeness (QED) is 0.328.